The van der Waals surface area contributed by atoms with E-state index in [1.807, 2.05) is 72.2 Å². The summed E-state index contributed by atoms with van der Waals surface area (Å²) >= 11 is 0. The SMILES string of the molecule is Cc1c(CCCC(=O)O)c2cccc(/C=C/c3ccc(OCCCCc4ccccc4)cc3)c2n1CC(=O)O. The number of carboxylic acid groups (broad SMARTS) is 2. The van der Waals surface area contributed by atoms with Gasteiger partial charge in [0.05, 0.1) is 12.1 Å². The molecule has 0 bridgehead atoms. The van der Waals surface area contributed by atoms with Gasteiger partial charge in [-0.05, 0) is 73.4 Å². The van der Waals surface area contributed by atoms with E-state index in [0.717, 1.165) is 58.3 Å². The van der Waals surface area contributed by atoms with E-state index in [0.29, 0.717) is 19.4 Å². The third kappa shape index (κ3) is 7.60. The number of nitrogens with zero attached hydrogens (tertiary/aromatic N) is 1. The first-order valence-electron chi connectivity index (χ1n) is 13.4. The van der Waals surface area contributed by atoms with Crippen molar-refractivity contribution in [3.05, 3.63) is 101 Å². The number of rotatable bonds is 14. The Bertz CT molecular complexity index is 1430. The maximum absolute atomic E-state index is 11.6. The van der Waals surface area contributed by atoms with Gasteiger partial charge in [0.25, 0.3) is 0 Å². The van der Waals surface area contributed by atoms with E-state index < -0.39 is 11.9 Å². The minimum absolute atomic E-state index is 0.0814. The third-order valence-electron chi connectivity index (χ3n) is 6.92. The zero-order chi connectivity index (χ0) is 27.6. The molecule has 1 heterocycles. The molecule has 0 radical (unpaired) electrons. The Morgan fingerprint density at radius 3 is 2.31 bits per heavy atom. The summed E-state index contributed by atoms with van der Waals surface area (Å²) in [5.41, 5.74) is 6.01. The molecule has 202 valence electrons. The van der Waals surface area contributed by atoms with E-state index in [9.17, 15) is 14.7 Å². The predicted octanol–water partition coefficient (Wildman–Crippen LogP) is 7.01. The van der Waals surface area contributed by atoms with Crippen LogP contribution in [0, 0.1) is 6.92 Å². The largest absolute Gasteiger partial charge is 0.494 e. The summed E-state index contributed by atoms with van der Waals surface area (Å²) < 4.78 is 7.74. The first kappa shape index (κ1) is 27.7. The van der Waals surface area contributed by atoms with Crippen molar-refractivity contribution in [2.75, 3.05) is 6.61 Å². The fraction of sp³-hybridized carbons (Fsp3) is 0.273. The standard InChI is InChI=1S/C33H35NO5/c1-24-29(13-8-15-31(35)36)30-14-7-12-27(33(30)34(24)23-32(37)38)19-16-26-17-20-28(21-18-26)39-22-6-5-11-25-9-3-2-4-10-25/h2-4,7,9-10,12,14,16-21H,5-6,8,11,13,15,22-23H2,1H3,(H,35,36)(H,37,38)/b19-16+. The number of unbranched alkanes of at least 4 members (excludes halogenated alkanes) is 1. The summed E-state index contributed by atoms with van der Waals surface area (Å²) in [6, 6.07) is 24.4. The van der Waals surface area contributed by atoms with Crippen molar-refractivity contribution in [2.45, 2.75) is 52.0 Å². The summed E-state index contributed by atoms with van der Waals surface area (Å²) in [5, 5.41) is 19.6. The van der Waals surface area contributed by atoms with Gasteiger partial charge in [-0.15, -0.1) is 0 Å². The molecular weight excluding hydrogens is 490 g/mol. The van der Waals surface area contributed by atoms with Crippen LogP contribution in [0.5, 0.6) is 5.75 Å². The maximum Gasteiger partial charge on any atom is 0.323 e. The van der Waals surface area contributed by atoms with Crippen LogP contribution in [0.4, 0.5) is 0 Å². The topological polar surface area (TPSA) is 88.8 Å². The van der Waals surface area contributed by atoms with E-state index in [1.165, 1.54) is 5.56 Å². The number of hydrogen-bond acceptors (Lipinski definition) is 3. The summed E-state index contributed by atoms with van der Waals surface area (Å²) in [5.74, 6) is -0.905. The molecule has 0 saturated carbocycles. The van der Waals surface area contributed by atoms with Gasteiger partial charge in [-0.3, -0.25) is 9.59 Å². The van der Waals surface area contributed by atoms with Gasteiger partial charge in [0, 0.05) is 17.5 Å². The van der Waals surface area contributed by atoms with Crippen molar-refractivity contribution >= 4 is 35.0 Å². The number of fused-ring (bicyclic) bond motifs is 1. The Morgan fingerprint density at radius 1 is 0.821 bits per heavy atom. The van der Waals surface area contributed by atoms with Gasteiger partial charge in [-0.2, -0.15) is 0 Å². The highest BCUT2D eigenvalue weighted by molar-refractivity contribution is 5.95. The average Bonchev–Trinajstić information content (AvgIpc) is 3.19. The summed E-state index contributed by atoms with van der Waals surface area (Å²) in [6.45, 7) is 2.44. The molecule has 0 fully saturated rings. The third-order valence-corrected chi connectivity index (χ3v) is 6.92. The van der Waals surface area contributed by atoms with Gasteiger partial charge in [0.15, 0.2) is 0 Å². The van der Waals surface area contributed by atoms with E-state index in [4.69, 9.17) is 9.84 Å². The lowest BCUT2D eigenvalue weighted by Crippen LogP contribution is -2.10. The number of ether oxygens (including phenoxy) is 1. The predicted molar refractivity (Wildman–Crippen MR) is 155 cm³/mol. The second-order valence-electron chi connectivity index (χ2n) is 9.73. The fourth-order valence-electron chi connectivity index (χ4n) is 4.96. The lowest BCUT2D eigenvalue weighted by atomic mass is 10.0. The second kappa shape index (κ2) is 13.5. The number of para-hydroxylation sites is 1. The molecule has 0 aliphatic rings. The Kier molecular flexibility index (Phi) is 9.57. The number of carboxylic acids is 2. The summed E-state index contributed by atoms with van der Waals surface area (Å²) in [6.07, 6.45) is 8.31. The van der Waals surface area contributed by atoms with E-state index in [2.05, 4.69) is 24.3 Å². The van der Waals surface area contributed by atoms with Gasteiger partial charge in [0.1, 0.15) is 12.3 Å². The van der Waals surface area contributed by atoms with Crippen LogP contribution in [-0.4, -0.2) is 33.3 Å². The molecule has 1 aromatic heterocycles. The van der Waals surface area contributed by atoms with Crippen LogP contribution in [0.2, 0.25) is 0 Å². The fourth-order valence-corrected chi connectivity index (χ4v) is 4.96. The Labute approximate surface area is 229 Å². The van der Waals surface area contributed by atoms with Crippen molar-refractivity contribution in [1.82, 2.24) is 4.57 Å². The molecule has 0 amide bonds. The zero-order valence-electron chi connectivity index (χ0n) is 22.3. The Hall–Kier alpha value is -4.32. The summed E-state index contributed by atoms with van der Waals surface area (Å²) in [4.78, 5) is 22.7. The van der Waals surface area contributed by atoms with Crippen LogP contribution in [0.1, 0.15) is 53.6 Å². The molecule has 39 heavy (non-hydrogen) atoms. The van der Waals surface area contributed by atoms with Gasteiger partial charge < -0.3 is 19.5 Å². The van der Waals surface area contributed by atoms with Crippen molar-refractivity contribution < 1.29 is 24.5 Å². The quantitative estimate of drug-likeness (QED) is 0.136. The van der Waals surface area contributed by atoms with Crippen LogP contribution in [-0.2, 0) is 29.0 Å². The zero-order valence-corrected chi connectivity index (χ0v) is 22.3. The molecule has 0 aliphatic carbocycles. The number of aromatic nitrogens is 1. The van der Waals surface area contributed by atoms with Gasteiger partial charge in [-0.1, -0.05) is 72.8 Å². The van der Waals surface area contributed by atoms with Crippen LogP contribution in [0.25, 0.3) is 23.1 Å². The Morgan fingerprint density at radius 2 is 1.59 bits per heavy atom. The van der Waals surface area contributed by atoms with Crippen molar-refractivity contribution in [3.8, 4) is 5.75 Å². The summed E-state index contributed by atoms with van der Waals surface area (Å²) in [7, 11) is 0. The number of hydrogen-bond donors (Lipinski definition) is 2. The van der Waals surface area contributed by atoms with Crippen molar-refractivity contribution in [2.24, 2.45) is 0 Å². The van der Waals surface area contributed by atoms with Crippen LogP contribution in [0.3, 0.4) is 0 Å². The lowest BCUT2D eigenvalue weighted by molar-refractivity contribution is -0.138. The number of carbonyl (C=O) groups is 2. The van der Waals surface area contributed by atoms with E-state index in [1.54, 1.807) is 0 Å². The molecule has 6 heteroatoms. The molecule has 2 N–H and O–H groups in total. The molecule has 4 rings (SSSR count). The van der Waals surface area contributed by atoms with Gasteiger partial charge in [0.2, 0.25) is 0 Å². The van der Waals surface area contributed by atoms with Crippen LogP contribution < -0.4 is 4.74 Å². The van der Waals surface area contributed by atoms with Gasteiger partial charge >= 0.3 is 11.9 Å². The minimum atomic E-state index is -0.915. The van der Waals surface area contributed by atoms with Crippen molar-refractivity contribution in [1.29, 1.82) is 0 Å². The van der Waals surface area contributed by atoms with E-state index in [-0.39, 0.29) is 13.0 Å². The molecular formula is C33H35NO5. The number of benzene rings is 3. The monoisotopic (exact) mass is 525 g/mol. The molecule has 0 aliphatic heterocycles. The van der Waals surface area contributed by atoms with Crippen LogP contribution in [0.15, 0.2) is 72.8 Å². The number of aryl methyl sites for hydroxylation is 2. The molecule has 0 atom stereocenters. The van der Waals surface area contributed by atoms with Gasteiger partial charge in [-0.25, -0.2) is 0 Å². The highest BCUT2D eigenvalue weighted by Crippen LogP contribution is 2.31. The molecule has 3 aromatic carbocycles. The molecule has 0 unspecified atom stereocenters. The molecule has 0 saturated heterocycles. The highest BCUT2D eigenvalue weighted by atomic mass is 16.5. The number of aliphatic carboxylic acids is 2. The molecule has 4 aromatic rings. The smallest absolute Gasteiger partial charge is 0.323 e. The minimum Gasteiger partial charge on any atom is -0.494 e. The van der Waals surface area contributed by atoms with Crippen LogP contribution >= 0.6 is 0 Å². The molecule has 6 nitrogen and oxygen atoms in total. The first-order chi connectivity index (χ1) is 18.9. The Balaban J connectivity index is 1.43. The highest BCUT2D eigenvalue weighted by Gasteiger charge is 2.18. The molecule has 0 spiro atoms. The van der Waals surface area contributed by atoms with Crippen molar-refractivity contribution in [3.63, 3.8) is 0 Å². The normalized spacial score (nSPS) is 11.3. The maximum atomic E-state index is 11.6. The first-order valence-corrected chi connectivity index (χ1v) is 13.4. The second-order valence-corrected chi connectivity index (χ2v) is 9.73. The van der Waals surface area contributed by atoms with E-state index >= 15 is 0 Å². The average molecular weight is 526 g/mol. The lowest BCUT2D eigenvalue weighted by Gasteiger charge is -2.08.